The summed E-state index contributed by atoms with van der Waals surface area (Å²) in [5.74, 6) is -0.348. The van der Waals surface area contributed by atoms with Gasteiger partial charge < -0.3 is 5.11 Å². The predicted molar refractivity (Wildman–Crippen MR) is 39.5 cm³/mol. The number of hydrogen-bond donors (Lipinski definition) is 1. The molecule has 1 aromatic heterocycles. The van der Waals surface area contributed by atoms with Gasteiger partial charge >= 0.3 is 0 Å². The number of aromatic nitrogens is 1. The lowest BCUT2D eigenvalue weighted by Crippen LogP contribution is -1.97. The summed E-state index contributed by atoms with van der Waals surface area (Å²) in [6, 6.07) is 1.40. The van der Waals surface area contributed by atoms with Gasteiger partial charge in [0.2, 0.25) is 0 Å². The summed E-state index contributed by atoms with van der Waals surface area (Å²) in [6.45, 7) is 1.78. The van der Waals surface area contributed by atoms with Gasteiger partial charge in [-0.2, -0.15) is 0 Å². The van der Waals surface area contributed by atoms with E-state index in [0.717, 1.165) is 11.8 Å². The molecule has 0 amide bonds. The van der Waals surface area contributed by atoms with E-state index in [0.29, 0.717) is 12.1 Å². The topological polar surface area (TPSA) is 33.1 Å². The van der Waals surface area contributed by atoms with Crippen LogP contribution in [0.5, 0.6) is 0 Å². The molecule has 0 aromatic carbocycles. The number of pyridine rings is 1. The van der Waals surface area contributed by atoms with Crippen molar-refractivity contribution in [1.29, 1.82) is 0 Å². The van der Waals surface area contributed by atoms with Crippen LogP contribution in [0.4, 0.5) is 4.39 Å². The maximum atomic E-state index is 12.5. The minimum atomic E-state index is -0.348. The fourth-order valence-electron chi connectivity index (χ4n) is 0.958. The van der Waals surface area contributed by atoms with Crippen LogP contribution in [0, 0.1) is 5.82 Å². The summed E-state index contributed by atoms with van der Waals surface area (Å²) in [4.78, 5) is 3.74. The molecule has 60 valence electrons. The Labute approximate surface area is 64.7 Å². The van der Waals surface area contributed by atoms with E-state index in [2.05, 4.69) is 4.98 Å². The van der Waals surface area contributed by atoms with Gasteiger partial charge in [-0.1, -0.05) is 6.92 Å². The van der Waals surface area contributed by atoms with Crippen molar-refractivity contribution in [3.05, 3.63) is 29.3 Å². The molecule has 0 fully saturated rings. The van der Waals surface area contributed by atoms with Gasteiger partial charge in [0.1, 0.15) is 5.82 Å². The van der Waals surface area contributed by atoms with E-state index in [9.17, 15) is 4.39 Å². The van der Waals surface area contributed by atoms with Gasteiger partial charge in [0.25, 0.3) is 0 Å². The molecular formula is C8H10FNO. The van der Waals surface area contributed by atoms with Crippen LogP contribution in [-0.4, -0.2) is 10.1 Å². The summed E-state index contributed by atoms with van der Waals surface area (Å²) >= 11 is 0. The van der Waals surface area contributed by atoms with Crippen molar-refractivity contribution in [3.8, 4) is 0 Å². The molecule has 0 bridgehead atoms. The second-order valence-corrected chi connectivity index (χ2v) is 2.27. The Bertz CT molecular complexity index is 250. The van der Waals surface area contributed by atoms with Crippen LogP contribution in [0.2, 0.25) is 0 Å². The molecule has 1 heterocycles. The quantitative estimate of drug-likeness (QED) is 0.697. The molecule has 11 heavy (non-hydrogen) atoms. The van der Waals surface area contributed by atoms with Gasteiger partial charge in [-0.25, -0.2) is 4.39 Å². The standard InChI is InChI=1S/C8H10FNO/c1-2-6-3-7(9)4-10-8(6)5-11/h3-4,11H,2,5H2,1H3. The minimum absolute atomic E-state index is 0.122. The summed E-state index contributed by atoms with van der Waals surface area (Å²) in [7, 11) is 0. The van der Waals surface area contributed by atoms with Gasteiger partial charge in [-0.15, -0.1) is 0 Å². The molecule has 1 rings (SSSR count). The number of aryl methyl sites for hydroxylation is 1. The number of hydrogen-bond acceptors (Lipinski definition) is 2. The summed E-state index contributed by atoms with van der Waals surface area (Å²) in [5.41, 5.74) is 1.33. The zero-order valence-corrected chi connectivity index (χ0v) is 6.34. The van der Waals surface area contributed by atoms with Gasteiger partial charge in [0.05, 0.1) is 18.5 Å². The first kappa shape index (κ1) is 8.14. The van der Waals surface area contributed by atoms with Gasteiger partial charge in [0.15, 0.2) is 0 Å². The highest BCUT2D eigenvalue weighted by molar-refractivity contribution is 5.19. The SMILES string of the molecule is CCc1cc(F)cnc1CO. The van der Waals surface area contributed by atoms with Crippen LogP contribution in [0.1, 0.15) is 18.2 Å². The number of rotatable bonds is 2. The van der Waals surface area contributed by atoms with Crippen LogP contribution >= 0.6 is 0 Å². The van der Waals surface area contributed by atoms with Crippen LogP contribution < -0.4 is 0 Å². The molecule has 0 aliphatic heterocycles. The zero-order chi connectivity index (χ0) is 8.27. The Morgan fingerprint density at radius 3 is 2.91 bits per heavy atom. The molecule has 1 N–H and O–H groups in total. The average Bonchev–Trinajstić information content (AvgIpc) is 2.04. The van der Waals surface area contributed by atoms with E-state index < -0.39 is 0 Å². The van der Waals surface area contributed by atoms with Crippen molar-refractivity contribution < 1.29 is 9.50 Å². The van der Waals surface area contributed by atoms with Crippen LogP contribution in [0.15, 0.2) is 12.3 Å². The number of aliphatic hydroxyl groups is 1. The predicted octanol–water partition coefficient (Wildman–Crippen LogP) is 1.28. The van der Waals surface area contributed by atoms with Gasteiger partial charge in [-0.05, 0) is 18.1 Å². The molecule has 0 saturated carbocycles. The second kappa shape index (κ2) is 3.44. The third-order valence-electron chi connectivity index (χ3n) is 1.56. The van der Waals surface area contributed by atoms with Crippen LogP contribution in [-0.2, 0) is 13.0 Å². The second-order valence-electron chi connectivity index (χ2n) is 2.27. The van der Waals surface area contributed by atoms with E-state index in [1.54, 1.807) is 0 Å². The molecule has 0 saturated heterocycles. The fourth-order valence-corrected chi connectivity index (χ4v) is 0.958. The number of nitrogens with zero attached hydrogens (tertiary/aromatic N) is 1. The van der Waals surface area contributed by atoms with Crippen LogP contribution in [0.25, 0.3) is 0 Å². The number of halogens is 1. The normalized spacial score (nSPS) is 10.1. The van der Waals surface area contributed by atoms with Crippen molar-refractivity contribution in [2.24, 2.45) is 0 Å². The summed E-state index contributed by atoms with van der Waals surface area (Å²) in [5, 5.41) is 8.76. The van der Waals surface area contributed by atoms with E-state index >= 15 is 0 Å². The maximum Gasteiger partial charge on any atom is 0.141 e. The highest BCUT2D eigenvalue weighted by Gasteiger charge is 2.01. The maximum absolute atomic E-state index is 12.5. The van der Waals surface area contributed by atoms with Crippen molar-refractivity contribution in [3.63, 3.8) is 0 Å². The van der Waals surface area contributed by atoms with Crippen molar-refractivity contribution in [1.82, 2.24) is 4.98 Å². The Morgan fingerprint density at radius 2 is 2.36 bits per heavy atom. The molecule has 0 unspecified atom stereocenters. The molecule has 0 aliphatic carbocycles. The van der Waals surface area contributed by atoms with E-state index in [1.165, 1.54) is 6.07 Å². The smallest absolute Gasteiger partial charge is 0.141 e. The summed E-state index contributed by atoms with van der Waals surface area (Å²) < 4.78 is 12.5. The van der Waals surface area contributed by atoms with Gasteiger partial charge in [-0.3, -0.25) is 4.98 Å². The number of aliphatic hydroxyl groups excluding tert-OH is 1. The first-order chi connectivity index (χ1) is 5.27. The molecule has 0 aliphatic rings. The van der Waals surface area contributed by atoms with Crippen LogP contribution in [0.3, 0.4) is 0 Å². The molecular weight excluding hydrogens is 145 g/mol. The largest absolute Gasteiger partial charge is 0.390 e. The third-order valence-corrected chi connectivity index (χ3v) is 1.56. The van der Waals surface area contributed by atoms with E-state index in [4.69, 9.17) is 5.11 Å². The zero-order valence-electron chi connectivity index (χ0n) is 6.34. The lowest BCUT2D eigenvalue weighted by atomic mass is 10.1. The monoisotopic (exact) mass is 155 g/mol. The molecule has 2 nitrogen and oxygen atoms in total. The van der Waals surface area contributed by atoms with Crippen molar-refractivity contribution in [2.45, 2.75) is 20.0 Å². The Hall–Kier alpha value is -0.960. The van der Waals surface area contributed by atoms with Crippen molar-refractivity contribution in [2.75, 3.05) is 0 Å². The Balaban J connectivity index is 3.06. The first-order valence-corrected chi connectivity index (χ1v) is 3.52. The Morgan fingerprint density at radius 1 is 1.64 bits per heavy atom. The fraction of sp³-hybridized carbons (Fsp3) is 0.375. The first-order valence-electron chi connectivity index (χ1n) is 3.52. The molecule has 1 aromatic rings. The van der Waals surface area contributed by atoms with Gasteiger partial charge in [0, 0.05) is 0 Å². The minimum Gasteiger partial charge on any atom is -0.390 e. The van der Waals surface area contributed by atoms with Crippen molar-refractivity contribution >= 4 is 0 Å². The van der Waals surface area contributed by atoms with E-state index in [-0.39, 0.29) is 12.4 Å². The molecule has 0 radical (unpaired) electrons. The lowest BCUT2D eigenvalue weighted by molar-refractivity contribution is 0.275. The highest BCUT2D eigenvalue weighted by atomic mass is 19.1. The lowest BCUT2D eigenvalue weighted by Gasteiger charge is -2.02. The van der Waals surface area contributed by atoms with E-state index in [1.807, 2.05) is 6.92 Å². The molecule has 3 heteroatoms. The summed E-state index contributed by atoms with van der Waals surface area (Å²) in [6.07, 6.45) is 1.81. The third kappa shape index (κ3) is 1.74. The molecule has 0 atom stereocenters. The Kier molecular flexibility index (Phi) is 2.54. The highest BCUT2D eigenvalue weighted by Crippen LogP contribution is 2.08. The molecule has 0 spiro atoms. The average molecular weight is 155 g/mol.